The average Bonchev–Trinajstić information content (AvgIpc) is 2.33. The number of rotatable bonds is 1. The molecule has 1 saturated heterocycles. The number of piperidine rings is 1. The topological polar surface area (TPSA) is 12.5 Å². The van der Waals surface area contributed by atoms with Crippen molar-refractivity contribution in [2.75, 3.05) is 13.1 Å². The number of nitrogens with zero attached hydrogens (tertiary/aromatic N) is 1. The summed E-state index contributed by atoms with van der Waals surface area (Å²) in [5, 5.41) is 0.614. The molecule has 0 atom stereocenters. The first-order valence-corrected chi connectivity index (χ1v) is 6.20. The van der Waals surface area contributed by atoms with Gasteiger partial charge in [0.25, 0.3) is 5.17 Å². The molecule has 0 N–H and O–H groups in total. The normalized spacial score (nSPS) is 15.9. The smallest absolute Gasteiger partial charge is 0.264 e. The second kappa shape index (κ2) is 5.30. The maximum Gasteiger partial charge on any atom is 0.264 e. The molecule has 1 aliphatic rings. The Morgan fingerprint density at radius 3 is 2.38 bits per heavy atom. The van der Waals surface area contributed by atoms with Gasteiger partial charge in [-0.25, -0.2) is 0 Å². The number of aryl methyl sites for hydroxylation is 1. The minimum absolute atomic E-state index is 0.614. The molecule has 0 bridgehead atoms. The molecule has 0 saturated carbocycles. The van der Waals surface area contributed by atoms with Crippen LogP contribution < -0.4 is 4.74 Å². The van der Waals surface area contributed by atoms with E-state index >= 15 is 0 Å². The van der Waals surface area contributed by atoms with Gasteiger partial charge in [0.15, 0.2) is 0 Å². The summed E-state index contributed by atoms with van der Waals surface area (Å²) in [5.74, 6) is 0.834. The van der Waals surface area contributed by atoms with E-state index in [1.165, 1.54) is 24.8 Å². The molecule has 0 aliphatic carbocycles. The zero-order chi connectivity index (χ0) is 11.4. The fourth-order valence-corrected chi connectivity index (χ4v) is 2.13. The van der Waals surface area contributed by atoms with E-state index < -0.39 is 0 Å². The van der Waals surface area contributed by atoms with Gasteiger partial charge in [0.2, 0.25) is 0 Å². The first kappa shape index (κ1) is 11.4. The van der Waals surface area contributed by atoms with Crippen molar-refractivity contribution in [2.45, 2.75) is 26.2 Å². The van der Waals surface area contributed by atoms with E-state index in [9.17, 15) is 0 Å². The lowest BCUT2D eigenvalue weighted by atomic mass is 10.1. The Kier molecular flexibility index (Phi) is 3.78. The van der Waals surface area contributed by atoms with Crippen LogP contribution in [-0.4, -0.2) is 23.2 Å². The Morgan fingerprint density at radius 1 is 1.12 bits per heavy atom. The molecule has 0 radical (unpaired) electrons. The zero-order valence-electron chi connectivity index (χ0n) is 9.61. The summed E-state index contributed by atoms with van der Waals surface area (Å²) in [6, 6.07) is 8.00. The fraction of sp³-hybridized carbons (Fsp3) is 0.462. The minimum atomic E-state index is 0.614. The van der Waals surface area contributed by atoms with E-state index in [1.807, 2.05) is 24.3 Å². The van der Waals surface area contributed by atoms with Gasteiger partial charge < -0.3 is 9.64 Å². The van der Waals surface area contributed by atoms with Crippen molar-refractivity contribution in [1.82, 2.24) is 4.90 Å². The molecule has 2 rings (SSSR count). The molecule has 3 heteroatoms. The summed E-state index contributed by atoms with van der Waals surface area (Å²) in [7, 11) is 0. The van der Waals surface area contributed by atoms with Crippen LogP contribution in [-0.2, 0) is 0 Å². The highest BCUT2D eigenvalue weighted by molar-refractivity contribution is 7.80. The van der Waals surface area contributed by atoms with Crippen molar-refractivity contribution in [1.29, 1.82) is 0 Å². The molecular formula is C13H17NOS. The Hall–Kier alpha value is -1.09. The standard InChI is InChI=1S/C13H17NOS/c1-11-5-7-12(8-6-11)15-13(16)14-9-3-2-4-10-14/h5-8H,2-4,9-10H2,1H3. The van der Waals surface area contributed by atoms with Crippen LogP contribution in [0, 0.1) is 6.92 Å². The van der Waals surface area contributed by atoms with Crippen LogP contribution in [0.3, 0.4) is 0 Å². The number of hydrogen-bond donors (Lipinski definition) is 0. The lowest BCUT2D eigenvalue weighted by Gasteiger charge is -2.28. The highest BCUT2D eigenvalue weighted by Crippen LogP contribution is 2.15. The minimum Gasteiger partial charge on any atom is -0.432 e. The lowest BCUT2D eigenvalue weighted by Crippen LogP contribution is -2.37. The molecule has 16 heavy (non-hydrogen) atoms. The summed E-state index contributed by atoms with van der Waals surface area (Å²) in [6.07, 6.45) is 3.75. The van der Waals surface area contributed by atoms with E-state index in [0.717, 1.165) is 18.8 Å². The maximum absolute atomic E-state index is 5.67. The second-order valence-corrected chi connectivity index (χ2v) is 4.58. The van der Waals surface area contributed by atoms with Crippen molar-refractivity contribution in [3.8, 4) is 5.75 Å². The quantitative estimate of drug-likeness (QED) is 0.694. The third-order valence-electron chi connectivity index (χ3n) is 2.84. The lowest BCUT2D eigenvalue weighted by molar-refractivity contribution is 0.300. The summed E-state index contributed by atoms with van der Waals surface area (Å²) in [5.41, 5.74) is 1.23. The van der Waals surface area contributed by atoms with Gasteiger partial charge in [-0.1, -0.05) is 17.7 Å². The third kappa shape index (κ3) is 2.95. The van der Waals surface area contributed by atoms with Crippen LogP contribution in [0.15, 0.2) is 24.3 Å². The van der Waals surface area contributed by atoms with E-state index in [1.54, 1.807) is 0 Å². The molecule has 1 aromatic rings. The van der Waals surface area contributed by atoms with Crippen molar-refractivity contribution >= 4 is 17.4 Å². The Bertz CT molecular complexity index is 355. The third-order valence-corrected chi connectivity index (χ3v) is 3.18. The van der Waals surface area contributed by atoms with Gasteiger partial charge in [-0.3, -0.25) is 0 Å². The van der Waals surface area contributed by atoms with Gasteiger partial charge >= 0.3 is 0 Å². The van der Waals surface area contributed by atoms with Gasteiger partial charge in [-0.05, 0) is 50.5 Å². The highest BCUT2D eigenvalue weighted by Gasteiger charge is 2.14. The second-order valence-electron chi connectivity index (χ2n) is 4.23. The van der Waals surface area contributed by atoms with Crippen LogP contribution in [0.4, 0.5) is 0 Å². The van der Waals surface area contributed by atoms with E-state index in [-0.39, 0.29) is 0 Å². The van der Waals surface area contributed by atoms with Crippen LogP contribution in [0.5, 0.6) is 5.75 Å². The number of thiocarbonyl (C=S) groups is 1. The van der Waals surface area contributed by atoms with E-state index in [4.69, 9.17) is 17.0 Å². The molecule has 0 spiro atoms. The monoisotopic (exact) mass is 235 g/mol. The first-order valence-electron chi connectivity index (χ1n) is 5.79. The van der Waals surface area contributed by atoms with E-state index in [0.29, 0.717) is 5.17 Å². The fourth-order valence-electron chi connectivity index (χ4n) is 1.85. The number of hydrogen-bond acceptors (Lipinski definition) is 2. The molecule has 0 unspecified atom stereocenters. The van der Waals surface area contributed by atoms with Gasteiger partial charge in [0, 0.05) is 13.1 Å². The van der Waals surface area contributed by atoms with Gasteiger partial charge in [-0.2, -0.15) is 0 Å². The Labute approximate surface area is 102 Å². The SMILES string of the molecule is Cc1ccc(OC(=S)N2CCCCC2)cc1. The molecular weight excluding hydrogens is 218 g/mol. The molecule has 1 heterocycles. The largest absolute Gasteiger partial charge is 0.432 e. The average molecular weight is 235 g/mol. The molecule has 1 aliphatic heterocycles. The summed E-state index contributed by atoms with van der Waals surface area (Å²) in [4.78, 5) is 2.15. The predicted octanol–water partition coefficient (Wildman–Crippen LogP) is 3.14. The van der Waals surface area contributed by atoms with Crippen LogP contribution in [0.25, 0.3) is 0 Å². The van der Waals surface area contributed by atoms with Crippen LogP contribution >= 0.6 is 12.2 Å². The molecule has 2 nitrogen and oxygen atoms in total. The van der Waals surface area contributed by atoms with Crippen LogP contribution in [0.1, 0.15) is 24.8 Å². The number of benzene rings is 1. The summed E-state index contributed by atoms with van der Waals surface area (Å²) < 4.78 is 5.67. The van der Waals surface area contributed by atoms with E-state index in [2.05, 4.69) is 11.8 Å². The van der Waals surface area contributed by atoms with Gasteiger partial charge in [0.1, 0.15) is 5.75 Å². The molecule has 1 aromatic carbocycles. The summed E-state index contributed by atoms with van der Waals surface area (Å²) in [6.45, 7) is 4.13. The predicted molar refractivity (Wildman–Crippen MR) is 69.8 cm³/mol. The Morgan fingerprint density at radius 2 is 1.75 bits per heavy atom. The first-order chi connectivity index (χ1) is 7.75. The molecule has 0 aromatic heterocycles. The van der Waals surface area contributed by atoms with Crippen molar-refractivity contribution in [3.05, 3.63) is 29.8 Å². The van der Waals surface area contributed by atoms with Crippen molar-refractivity contribution in [2.24, 2.45) is 0 Å². The molecule has 86 valence electrons. The van der Waals surface area contributed by atoms with Crippen molar-refractivity contribution < 1.29 is 4.74 Å². The highest BCUT2D eigenvalue weighted by atomic mass is 32.1. The maximum atomic E-state index is 5.67. The molecule has 1 fully saturated rings. The van der Waals surface area contributed by atoms with Crippen molar-refractivity contribution in [3.63, 3.8) is 0 Å². The van der Waals surface area contributed by atoms with Gasteiger partial charge in [-0.15, -0.1) is 0 Å². The summed E-state index contributed by atoms with van der Waals surface area (Å²) >= 11 is 5.29. The van der Waals surface area contributed by atoms with Gasteiger partial charge in [0.05, 0.1) is 0 Å². The zero-order valence-corrected chi connectivity index (χ0v) is 10.4. The van der Waals surface area contributed by atoms with Crippen LogP contribution in [0.2, 0.25) is 0 Å². The number of likely N-dealkylation sites (tertiary alicyclic amines) is 1. The Balaban J connectivity index is 1.93. The molecule has 0 amide bonds. The number of ether oxygens (including phenoxy) is 1.